The number of hydrogen-bond donors (Lipinski definition) is 1. The molecule has 2 aliphatic rings. The van der Waals surface area contributed by atoms with Gasteiger partial charge in [-0.3, -0.25) is 0 Å². The van der Waals surface area contributed by atoms with E-state index in [-0.39, 0.29) is 0 Å². The summed E-state index contributed by atoms with van der Waals surface area (Å²) in [6.07, 6.45) is 7.23. The van der Waals surface area contributed by atoms with Crippen LogP contribution >= 0.6 is 0 Å². The van der Waals surface area contributed by atoms with E-state index in [1.54, 1.807) is 0 Å². The second-order valence-electron chi connectivity index (χ2n) is 4.67. The van der Waals surface area contributed by atoms with Crippen LogP contribution in [0.2, 0.25) is 0 Å². The molecule has 1 saturated heterocycles. The zero-order chi connectivity index (χ0) is 10.1. The molecule has 0 bridgehead atoms. The first kappa shape index (κ1) is 9.33. The van der Waals surface area contributed by atoms with E-state index in [1.165, 1.54) is 32.1 Å². The Labute approximate surface area is 89.4 Å². The third-order valence-corrected chi connectivity index (χ3v) is 3.26. The average molecular weight is 207 g/mol. The van der Waals surface area contributed by atoms with E-state index in [1.807, 2.05) is 0 Å². The van der Waals surface area contributed by atoms with E-state index in [9.17, 15) is 0 Å². The molecule has 0 spiro atoms. The van der Waals surface area contributed by atoms with Crippen molar-refractivity contribution in [3.05, 3.63) is 11.7 Å². The van der Waals surface area contributed by atoms with Crippen molar-refractivity contribution in [3.63, 3.8) is 0 Å². The summed E-state index contributed by atoms with van der Waals surface area (Å²) in [5, 5.41) is 7.52. The van der Waals surface area contributed by atoms with Gasteiger partial charge in [0.1, 0.15) is 0 Å². The van der Waals surface area contributed by atoms with Crippen LogP contribution in [-0.4, -0.2) is 22.7 Å². The second-order valence-corrected chi connectivity index (χ2v) is 4.67. The van der Waals surface area contributed by atoms with E-state index in [2.05, 4.69) is 15.5 Å². The van der Waals surface area contributed by atoms with Gasteiger partial charge < -0.3 is 9.84 Å². The summed E-state index contributed by atoms with van der Waals surface area (Å²) in [4.78, 5) is 4.45. The molecule has 15 heavy (non-hydrogen) atoms. The standard InChI is InChI=1S/C11H17N3O/c1-2-6-12-9(3-1)7-10-13-11(14-15-10)8-4-5-8/h8-9,12H,1-7H2/t9-/m0/s1. The van der Waals surface area contributed by atoms with Gasteiger partial charge in [-0.15, -0.1) is 0 Å². The number of rotatable bonds is 3. The number of nitrogens with one attached hydrogen (secondary N) is 1. The molecule has 1 aromatic heterocycles. The van der Waals surface area contributed by atoms with E-state index in [0.717, 1.165) is 24.7 Å². The van der Waals surface area contributed by atoms with Gasteiger partial charge in [0, 0.05) is 18.4 Å². The summed E-state index contributed by atoms with van der Waals surface area (Å²) in [5.41, 5.74) is 0. The molecule has 1 saturated carbocycles. The predicted molar refractivity (Wildman–Crippen MR) is 55.6 cm³/mol. The zero-order valence-corrected chi connectivity index (χ0v) is 8.91. The first-order valence-corrected chi connectivity index (χ1v) is 5.97. The van der Waals surface area contributed by atoms with Gasteiger partial charge >= 0.3 is 0 Å². The molecule has 4 heteroatoms. The lowest BCUT2D eigenvalue weighted by atomic mass is 10.0. The van der Waals surface area contributed by atoms with Gasteiger partial charge in [-0.2, -0.15) is 4.98 Å². The van der Waals surface area contributed by atoms with Crippen molar-refractivity contribution < 1.29 is 4.52 Å². The monoisotopic (exact) mass is 207 g/mol. The fraction of sp³-hybridized carbons (Fsp3) is 0.818. The minimum absolute atomic E-state index is 0.547. The largest absolute Gasteiger partial charge is 0.339 e. The third kappa shape index (κ3) is 2.20. The molecule has 0 unspecified atom stereocenters. The highest BCUT2D eigenvalue weighted by Crippen LogP contribution is 2.38. The lowest BCUT2D eigenvalue weighted by molar-refractivity contribution is 0.329. The van der Waals surface area contributed by atoms with Crippen LogP contribution in [0.25, 0.3) is 0 Å². The van der Waals surface area contributed by atoms with Crippen LogP contribution in [0.3, 0.4) is 0 Å². The van der Waals surface area contributed by atoms with Gasteiger partial charge in [-0.1, -0.05) is 11.6 Å². The van der Waals surface area contributed by atoms with E-state index < -0.39 is 0 Å². The molecule has 1 N–H and O–H groups in total. The molecule has 1 atom stereocenters. The average Bonchev–Trinajstić information content (AvgIpc) is 3.02. The molecule has 82 valence electrons. The molecule has 0 radical (unpaired) electrons. The van der Waals surface area contributed by atoms with E-state index in [4.69, 9.17) is 4.52 Å². The van der Waals surface area contributed by atoms with Crippen LogP contribution in [0.15, 0.2) is 4.52 Å². The molecule has 1 aliphatic heterocycles. The predicted octanol–water partition coefficient (Wildman–Crippen LogP) is 1.63. The van der Waals surface area contributed by atoms with Gasteiger partial charge in [0.05, 0.1) is 0 Å². The van der Waals surface area contributed by atoms with Crippen LogP contribution in [0, 0.1) is 0 Å². The molecule has 1 aromatic rings. The molecule has 4 nitrogen and oxygen atoms in total. The number of piperidine rings is 1. The maximum absolute atomic E-state index is 5.27. The van der Waals surface area contributed by atoms with Crippen LogP contribution in [-0.2, 0) is 6.42 Å². The summed E-state index contributed by atoms with van der Waals surface area (Å²) in [5.74, 6) is 2.35. The topological polar surface area (TPSA) is 51.0 Å². The van der Waals surface area contributed by atoms with Gasteiger partial charge in [0.15, 0.2) is 5.82 Å². The number of hydrogen-bond acceptors (Lipinski definition) is 4. The summed E-state index contributed by atoms with van der Waals surface area (Å²) in [6.45, 7) is 1.13. The minimum Gasteiger partial charge on any atom is -0.339 e. The van der Waals surface area contributed by atoms with Crippen molar-refractivity contribution >= 4 is 0 Å². The highest BCUT2D eigenvalue weighted by molar-refractivity contribution is 5.03. The van der Waals surface area contributed by atoms with Crippen LogP contribution < -0.4 is 5.32 Å². The molecule has 0 aromatic carbocycles. The molecular formula is C11H17N3O. The minimum atomic E-state index is 0.547. The zero-order valence-electron chi connectivity index (χ0n) is 8.91. The van der Waals surface area contributed by atoms with Crippen molar-refractivity contribution in [1.82, 2.24) is 15.5 Å². The van der Waals surface area contributed by atoms with Crippen LogP contribution in [0.4, 0.5) is 0 Å². The van der Waals surface area contributed by atoms with Gasteiger partial charge in [0.2, 0.25) is 5.89 Å². The Bertz CT molecular complexity index is 326. The number of nitrogens with zero attached hydrogens (tertiary/aromatic N) is 2. The van der Waals surface area contributed by atoms with E-state index >= 15 is 0 Å². The Morgan fingerprint density at radius 3 is 2.93 bits per heavy atom. The summed E-state index contributed by atoms with van der Waals surface area (Å²) < 4.78 is 5.27. The lowest BCUT2D eigenvalue weighted by Crippen LogP contribution is -2.35. The number of aromatic nitrogens is 2. The van der Waals surface area contributed by atoms with Gasteiger partial charge in [0.25, 0.3) is 0 Å². The quantitative estimate of drug-likeness (QED) is 0.818. The first-order valence-electron chi connectivity index (χ1n) is 5.97. The Hall–Kier alpha value is -0.900. The Kier molecular flexibility index (Phi) is 2.44. The summed E-state index contributed by atoms with van der Waals surface area (Å²) in [6, 6.07) is 0.547. The van der Waals surface area contributed by atoms with Gasteiger partial charge in [-0.05, 0) is 32.2 Å². The molecule has 1 aliphatic carbocycles. The molecular weight excluding hydrogens is 190 g/mol. The van der Waals surface area contributed by atoms with Crippen molar-refractivity contribution in [2.75, 3.05) is 6.54 Å². The van der Waals surface area contributed by atoms with E-state index in [0.29, 0.717) is 12.0 Å². The third-order valence-electron chi connectivity index (χ3n) is 3.26. The fourth-order valence-corrected chi connectivity index (χ4v) is 2.17. The molecule has 0 amide bonds. The van der Waals surface area contributed by atoms with Crippen LogP contribution in [0.1, 0.15) is 49.7 Å². The highest BCUT2D eigenvalue weighted by atomic mass is 16.5. The normalized spacial score (nSPS) is 26.8. The highest BCUT2D eigenvalue weighted by Gasteiger charge is 2.29. The van der Waals surface area contributed by atoms with Crippen molar-refractivity contribution in [2.24, 2.45) is 0 Å². The summed E-state index contributed by atoms with van der Waals surface area (Å²) >= 11 is 0. The second kappa shape index (κ2) is 3.93. The molecule has 3 rings (SSSR count). The summed E-state index contributed by atoms with van der Waals surface area (Å²) in [7, 11) is 0. The Morgan fingerprint density at radius 1 is 1.27 bits per heavy atom. The maximum Gasteiger partial charge on any atom is 0.228 e. The Balaban J connectivity index is 1.60. The van der Waals surface area contributed by atoms with Crippen molar-refractivity contribution in [2.45, 2.75) is 50.5 Å². The van der Waals surface area contributed by atoms with Gasteiger partial charge in [-0.25, -0.2) is 0 Å². The first-order chi connectivity index (χ1) is 7.42. The fourth-order valence-electron chi connectivity index (χ4n) is 2.17. The van der Waals surface area contributed by atoms with Crippen molar-refractivity contribution in [1.29, 1.82) is 0 Å². The maximum atomic E-state index is 5.27. The SMILES string of the molecule is C1CC[C@@H](Cc2nc(C3CC3)no2)NC1. The Morgan fingerprint density at radius 2 is 2.20 bits per heavy atom. The smallest absolute Gasteiger partial charge is 0.228 e. The van der Waals surface area contributed by atoms with Crippen molar-refractivity contribution in [3.8, 4) is 0 Å². The molecule has 2 fully saturated rings. The van der Waals surface area contributed by atoms with Crippen LogP contribution in [0.5, 0.6) is 0 Å². The lowest BCUT2D eigenvalue weighted by Gasteiger charge is -2.21. The molecule has 2 heterocycles.